The summed E-state index contributed by atoms with van der Waals surface area (Å²) in [5, 5.41) is 0. The van der Waals surface area contributed by atoms with Gasteiger partial charge in [0.15, 0.2) is 0 Å². The van der Waals surface area contributed by atoms with Crippen LogP contribution >= 0.6 is 0 Å². The van der Waals surface area contributed by atoms with Crippen LogP contribution in [0.2, 0.25) is 0 Å². The fraction of sp³-hybridized carbons (Fsp3) is 0.455. The molecule has 90 valence electrons. The van der Waals surface area contributed by atoms with E-state index < -0.39 is 10.0 Å². The lowest BCUT2D eigenvalue weighted by molar-refractivity contribution is 0.402. The lowest BCUT2D eigenvalue weighted by Gasteiger charge is -2.18. The zero-order valence-electron chi connectivity index (χ0n) is 9.73. The van der Waals surface area contributed by atoms with E-state index in [-0.39, 0.29) is 6.04 Å². The predicted octanol–water partition coefficient (Wildman–Crippen LogP) is 1.70. The molecule has 0 heterocycles. The smallest absolute Gasteiger partial charge is 0.209 e. The molecule has 0 aromatic heterocycles. The normalized spacial score (nSPS) is 13.4. The van der Waals surface area contributed by atoms with E-state index in [1.54, 1.807) is 7.11 Å². The van der Waals surface area contributed by atoms with Gasteiger partial charge in [-0.15, -0.1) is 0 Å². The van der Waals surface area contributed by atoms with E-state index in [9.17, 15) is 8.42 Å². The minimum atomic E-state index is -3.21. The molecular formula is C11H17NO3S. The van der Waals surface area contributed by atoms with Gasteiger partial charge in [-0.25, -0.2) is 13.1 Å². The van der Waals surface area contributed by atoms with E-state index >= 15 is 0 Å². The van der Waals surface area contributed by atoms with Crippen molar-refractivity contribution in [2.24, 2.45) is 0 Å². The first kappa shape index (κ1) is 13.0. The summed E-state index contributed by atoms with van der Waals surface area (Å²) < 4.78 is 30.2. The molecule has 0 aliphatic carbocycles. The van der Waals surface area contributed by atoms with Crippen molar-refractivity contribution in [3.63, 3.8) is 0 Å². The van der Waals surface area contributed by atoms with Gasteiger partial charge in [-0.1, -0.05) is 25.1 Å². The zero-order valence-corrected chi connectivity index (χ0v) is 10.5. The number of ether oxygens (including phenoxy) is 1. The standard InChI is InChI=1S/C11H17NO3S/c1-4-10(12-16(3,13)14)9-7-5-6-8-11(9)15-2/h5-8,10,12H,4H2,1-3H3/t10-/m1/s1. The Bertz CT molecular complexity index is 442. The van der Waals surface area contributed by atoms with Gasteiger partial charge in [0, 0.05) is 5.56 Å². The van der Waals surface area contributed by atoms with Crippen molar-refractivity contribution in [2.45, 2.75) is 19.4 Å². The number of sulfonamides is 1. The van der Waals surface area contributed by atoms with Crippen molar-refractivity contribution in [3.05, 3.63) is 29.8 Å². The molecule has 0 spiro atoms. The van der Waals surface area contributed by atoms with Crippen LogP contribution in [0, 0.1) is 0 Å². The molecule has 0 fully saturated rings. The third-order valence-corrected chi connectivity index (χ3v) is 2.99. The Labute approximate surface area is 96.7 Å². The Morgan fingerprint density at radius 3 is 2.50 bits per heavy atom. The Hall–Kier alpha value is -1.07. The molecule has 1 aromatic carbocycles. The highest BCUT2D eigenvalue weighted by atomic mass is 32.2. The minimum Gasteiger partial charge on any atom is -0.496 e. The third-order valence-electron chi connectivity index (χ3n) is 2.28. The number of hydrogen-bond donors (Lipinski definition) is 1. The summed E-state index contributed by atoms with van der Waals surface area (Å²) in [4.78, 5) is 0. The van der Waals surface area contributed by atoms with E-state index in [0.29, 0.717) is 12.2 Å². The largest absolute Gasteiger partial charge is 0.496 e. The van der Waals surface area contributed by atoms with Gasteiger partial charge >= 0.3 is 0 Å². The van der Waals surface area contributed by atoms with E-state index in [0.717, 1.165) is 11.8 Å². The Kier molecular flexibility index (Phi) is 4.32. The molecule has 0 radical (unpaired) electrons. The number of nitrogens with one attached hydrogen (secondary N) is 1. The summed E-state index contributed by atoms with van der Waals surface area (Å²) in [6.07, 6.45) is 1.83. The van der Waals surface area contributed by atoms with Crippen LogP contribution in [0.5, 0.6) is 5.75 Å². The summed E-state index contributed by atoms with van der Waals surface area (Å²) >= 11 is 0. The van der Waals surface area contributed by atoms with Crippen LogP contribution in [0.1, 0.15) is 24.9 Å². The van der Waals surface area contributed by atoms with Crippen molar-refractivity contribution in [1.29, 1.82) is 0 Å². The van der Waals surface area contributed by atoms with Crippen molar-refractivity contribution in [2.75, 3.05) is 13.4 Å². The molecule has 0 saturated heterocycles. The molecule has 1 N–H and O–H groups in total. The van der Waals surface area contributed by atoms with Gasteiger partial charge < -0.3 is 4.74 Å². The second-order valence-corrected chi connectivity index (χ2v) is 5.37. The van der Waals surface area contributed by atoms with Crippen molar-refractivity contribution in [1.82, 2.24) is 4.72 Å². The quantitative estimate of drug-likeness (QED) is 0.856. The molecule has 1 atom stereocenters. The van der Waals surface area contributed by atoms with E-state index in [1.165, 1.54) is 0 Å². The Morgan fingerprint density at radius 2 is 2.00 bits per heavy atom. The highest BCUT2D eigenvalue weighted by Crippen LogP contribution is 2.27. The third kappa shape index (κ3) is 3.50. The molecule has 0 bridgehead atoms. The van der Waals surface area contributed by atoms with Gasteiger partial charge in [0.25, 0.3) is 0 Å². The first-order valence-corrected chi connectivity index (χ1v) is 6.97. The highest BCUT2D eigenvalue weighted by Gasteiger charge is 2.17. The van der Waals surface area contributed by atoms with Crippen LogP contribution in [-0.4, -0.2) is 21.8 Å². The Morgan fingerprint density at radius 1 is 1.38 bits per heavy atom. The maximum atomic E-state index is 11.2. The lowest BCUT2D eigenvalue weighted by Crippen LogP contribution is -2.27. The van der Waals surface area contributed by atoms with Crippen molar-refractivity contribution < 1.29 is 13.2 Å². The average molecular weight is 243 g/mol. The fourth-order valence-corrected chi connectivity index (χ4v) is 2.39. The molecule has 5 heteroatoms. The van der Waals surface area contributed by atoms with E-state index in [4.69, 9.17) is 4.74 Å². The van der Waals surface area contributed by atoms with Crippen LogP contribution < -0.4 is 9.46 Å². The fourth-order valence-electron chi connectivity index (χ4n) is 1.58. The highest BCUT2D eigenvalue weighted by molar-refractivity contribution is 7.88. The number of rotatable bonds is 5. The van der Waals surface area contributed by atoms with Crippen LogP contribution in [0.4, 0.5) is 0 Å². The predicted molar refractivity (Wildman–Crippen MR) is 64.0 cm³/mol. The SMILES string of the molecule is CC[C@@H](NS(C)(=O)=O)c1ccccc1OC. The molecule has 0 aliphatic heterocycles. The number of hydrogen-bond acceptors (Lipinski definition) is 3. The number of benzene rings is 1. The summed E-state index contributed by atoms with van der Waals surface area (Å²) in [6, 6.07) is 7.17. The van der Waals surface area contributed by atoms with Crippen LogP contribution in [0.25, 0.3) is 0 Å². The average Bonchev–Trinajstić information content (AvgIpc) is 2.24. The van der Waals surface area contributed by atoms with Crippen molar-refractivity contribution >= 4 is 10.0 Å². The first-order chi connectivity index (χ1) is 7.48. The van der Waals surface area contributed by atoms with Gasteiger partial charge in [-0.05, 0) is 12.5 Å². The van der Waals surface area contributed by atoms with Gasteiger partial charge in [0.1, 0.15) is 5.75 Å². The molecule has 1 rings (SSSR count). The molecule has 16 heavy (non-hydrogen) atoms. The van der Waals surface area contributed by atoms with Crippen LogP contribution in [0.3, 0.4) is 0 Å². The minimum absolute atomic E-state index is 0.244. The summed E-state index contributed by atoms with van der Waals surface area (Å²) in [5.41, 5.74) is 0.859. The monoisotopic (exact) mass is 243 g/mol. The molecule has 0 saturated carbocycles. The summed E-state index contributed by atoms with van der Waals surface area (Å²) in [6.45, 7) is 1.93. The van der Waals surface area contributed by atoms with Gasteiger partial charge in [0.2, 0.25) is 10.0 Å². The lowest BCUT2D eigenvalue weighted by atomic mass is 10.0. The molecule has 1 aromatic rings. The van der Waals surface area contributed by atoms with E-state index in [1.807, 2.05) is 31.2 Å². The van der Waals surface area contributed by atoms with Crippen LogP contribution in [0.15, 0.2) is 24.3 Å². The van der Waals surface area contributed by atoms with Gasteiger partial charge in [-0.2, -0.15) is 0 Å². The molecule has 0 aliphatic rings. The van der Waals surface area contributed by atoms with Crippen molar-refractivity contribution in [3.8, 4) is 5.75 Å². The molecular weight excluding hydrogens is 226 g/mol. The first-order valence-electron chi connectivity index (χ1n) is 5.08. The topological polar surface area (TPSA) is 55.4 Å². The van der Waals surface area contributed by atoms with Gasteiger partial charge in [0.05, 0.1) is 19.4 Å². The second-order valence-electron chi connectivity index (χ2n) is 3.59. The maximum absolute atomic E-state index is 11.2. The van der Waals surface area contributed by atoms with E-state index in [2.05, 4.69) is 4.72 Å². The molecule has 0 amide bonds. The zero-order chi connectivity index (χ0) is 12.2. The summed E-state index contributed by atoms with van der Waals surface area (Å²) in [7, 11) is -1.64. The number of methoxy groups -OCH3 is 1. The maximum Gasteiger partial charge on any atom is 0.209 e. The van der Waals surface area contributed by atoms with Gasteiger partial charge in [-0.3, -0.25) is 0 Å². The second kappa shape index (κ2) is 5.32. The molecule has 0 unspecified atom stereocenters. The molecule has 4 nitrogen and oxygen atoms in total. The van der Waals surface area contributed by atoms with Crippen LogP contribution in [-0.2, 0) is 10.0 Å². The number of para-hydroxylation sites is 1. The summed E-state index contributed by atoms with van der Waals surface area (Å²) in [5.74, 6) is 0.700. The Balaban J connectivity index is 3.03.